The van der Waals surface area contributed by atoms with E-state index in [9.17, 15) is 65.8 Å². The van der Waals surface area contributed by atoms with Gasteiger partial charge in [-0.1, -0.05) is 0 Å². The van der Waals surface area contributed by atoms with E-state index in [-0.39, 0.29) is 16.9 Å². The van der Waals surface area contributed by atoms with Crippen molar-refractivity contribution in [2.45, 2.75) is 61.2 Å². The highest BCUT2D eigenvalue weighted by Crippen LogP contribution is 2.45. The number of hydrogen-bond acceptors (Lipinski definition) is 16. The second-order valence-corrected chi connectivity index (χ2v) is 10.3. The molecule has 2 fully saturated rings. The van der Waals surface area contributed by atoms with E-state index in [1.807, 2.05) is 0 Å². The third-order valence-electron chi connectivity index (χ3n) is 7.49. The van der Waals surface area contributed by atoms with E-state index in [2.05, 4.69) is 0 Å². The van der Waals surface area contributed by atoms with Crippen molar-refractivity contribution < 1.29 is 79.6 Å². The molecule has 0 saturated carbocycles. The predicted molar refractivity (Wildman–Crippen MR) is 141 cm³/mol. The van der Waals surface area contributed by atoms with Crippen LogP contribution in [0.15, 0.2) is 39.5 Å². The average molecular weight is 625 g/mol. The van der Waals surface area contributed by atoms with Gasteiger partial charge in [-0.3, -0.25) is 4.79 Å². The number of fused-ring (bicyclic) bond motifs is 1. The zero-order valence-corrected chi connectivity index (χ0v) is 22.2. The number of aliphatic carboxylic acids is 1. The van der Waals surface area contributed by atoms with Gasteiger partial charge in [-0.2, -0.15) is 0 Å². The van der Waals surface area contributed by atoms with Crippen LogP contribution in [0.5, 0.6) is 23.0 Å². The molecule has 0 bridgehead atoms. The standard InChI is InChI=1S/C27H28O17/c28-6-14-17(32)19(34)21(36)24(42-14)16-10(31)5-13-15(18(16)33)9(30)4-11(41-13)7-1-2-8(29)12(3-7)43-27-23(38)20(35)22(37)25(44-27)26(39)40/h1-5,14,17,19-25,27-29,31-38H,6H2,(H,39,40). The normalized spacial score (nSPS) is 32.4. The molecule has 1 aromatic heterocycles. The van der Waals surface area contributed by atoms with Crippen molar-refractivity contribution in [2.75, 3.05) is 6.61 Å². The molecular weight excluding hydrogens is 596 g/mol. The summed E-state index contributed by atoms with van der Waals surface area (Å²) in [6.45, 7) is -0.783. The van der Waals surface area contributed by atoms with Crippen LogP contribution in [-0.4, -0.2) is 124 Å². The van der Waals surface area contributed by atoms with Gasteiger partial charge in [0.1, 0.15) is 77.1 Å². The van der Waals surface area contributed by atoms with Crippen LogP contribution in [0.2, 0.25) is 0 Å². The molecule has 5 rings (SSSR count). The Balaban J connectivity index is 1.50. The van der Waals surface area contributed by atoms with Crippen molar-refractivity contribution in [3.05, 3.63) is 46.1 Å². The zero-order valence-electron chi connectivity index (χ0n) is 22.2. The fourth-order valence-electron chi connectivity index (χ4n) is 5.10. The predicted octanol–water partition coefficient (Wildman–Crippen LogP) is -2.64. The van der Waals surface area contributed by atoms with Crippen LogP contribution >= 0.6 is 0 Å². The second kappa shape index (κ2) is 11.8. The summed E-state index contributed by atoms with van der Waals surface area (Å²) < 4.78 is 21.5. The zero-order chi connectivity index (χ0) is 32.2. The summed E-state index contributed by atoms with van der Waals surface area (Å²) in [7, 11) is 0. The number of ether oxygens (including phenoxy) is 3. The number of aliphatic hydroxyl groups is 7. The lowest BCUT2D eigenvalue weighted by atomic mass is 9.89. The third kappa shape index (κ3) is 5.30. The van der Waals surface area contributed by atoms with Gasteiger partial charge in [-0.15, -0.1) is 0 Å². The molecule has 0 aliphatic carbocycles. The number of benzene rings is 2. The Morgan fingerprint density at radius 1 is 0.818 bits per heavy atom. The fraction of sp³-hybridized carbons (Fsp3) is 0.407. The quantitative estimate of drug-likeness (QED) is 0.134. The van der Waals surface area contributed by atoms with E-state index in [1.54, 1.807) is 0 Å². The first kappa shape index (κ1) is 31.4. The Morgan fingerprint density at radius 2 is 1.50 bits per heavy atom. The van der Waals surface area contributed by atoms with Gasteiger partial charge in [0, 0.05) is 17.7 Å². The van der Waals surface area contributed by atoms with Gasteiger partial charge in [0.25, 0.3) is 0 Å². The number of carbonyl (C=O) groups is 1. The lowest BCUT2D eigenvalue weighted by Crippen LogP contribution is -2.61. The Bertz CT molecular complexity index is 1620. The molecule has 3 heterocycles. The Kier molecular flexibility index (Phi) is 8.42. The van der Waals surface area contributed by atoms with Crippen molar-refractivity contribution in [3.63, 3.8) is 0 Å². The van der Waals surface area contributed by atoms with Gasteiger partial charge >= 0.3 is 5.97 Å². The number of phenols is 3. The molecule has 2 saturated heterocycles. The van der Waals surface area contributed by atoms with Crippen LogP contribution in [0.4, 0.5) is 0 Å². The van der Waals surface area contributed by atoms with Gasteiger partial charge in [0.05, 0.1) is 12.2 Å². The lowest BCUT2D eigenvalue weighted by molar-refractivity contribution is -0.271. The summed E-state index contributed by atoms with van der Waals surface area (Å²) in [6.07, 6.45) is -18.2. The first-order valence-electron chi connectivity index (χ1n) is 13.0. The van der Waals surface area contributed by atoms with Gasteiger partial charge in [0.15, 0.2) is 23.0 Å². The van der Waals surface area contributed by atoms with E-state index in [0.717, 1.165) is 24.3 Å². The van der Waals surface area contributed by atoms with Crippen molar-refractivity contribution >= 4 is 16.9 Å². The van der Waals surface area contributed by atoms with E-state index in [1.165, 1.54) is 6.07 Å². The number of rotatable bonds is 6. The minimum absolute atomic E-state index is 0.0504. The second-order valence-electron chi connectivity index (χ2n) is 10.3. The first-order valence-corrected chi connectivity index (χ1v) is 13.0. The van der Waals surface area contributed by atoms with Gasteiger partial charge in [-0.25, -0.2) is 4.79 Å². The van der Waals surface area contributed by atoms with Crippen LogP contribution < -0.4 is 10.2 Å². The van der Waals surface area contributed by atoms with Crippen LogP contribution in [0.1, 0.15) is 11.7 Å². The molecule has 238 valence electrons. The van der Waals surface area contributed by atoms with Crippen LogP contribution in [0.3, 0.4) is 0 Å². The molecule has 10 atom stereocenters. The minimum Gasteiger partial charge on any atom is -0.507 e. The molecule has 3 aromatic rings. The van der Waals surface area contributed by atoms with Gasteiger partial charge < -0.3 is 74.8 Å². The van der Waals surface area contributed by atoms with E-state index >= 15 is 0 Å². The van der Waals surface area contributed by atoms with Crippen molar-refractivity contribution in [1.29, 1.82) is 0 Å². The highest BCUT2D eigenvalue weighted by Gasteiger charge is 2.49. The SMILES string of the molecule is O=C(O)C1OC(Oc2cc(-c3cc(=O)c4c(O)c(C5OC(CO)C(O)C(O)C5O)c(O)cc4o3)ccc2O)C(O)C(O)C1O. The highest BCUT2D eigenvalue weighted by molar-refractivity contribution is 5.88. The van der Waals surface area contributed by atoms with Crippen LogP contribution in [0, 0.1) is 0 Å². The minimum atomic E-state index is -1.98. The monoisotopic (exact) mass is 624 g/mol. The fourth-order valence-corrected chi connectivity index (χ4v) is 5.10. The molecule has 17 nitrogen and oxygen atoms in total. The smallest absolute Gasteiger partial charge is 0.335 e. The summed E-state index contributed by atoms with van der Waals surface area (Å²) >= 11 is 0. The largest absolute Gasteiger partial charge is 0.507 e. The molecule has 2 aliphatic rings. The van der Waals surface area contributed by atoms with Crippen molar-refractivity contribution in [3.8, 4) is 34.3 Å². The first-order chi connectivity index (χ1) is 20.7. The molecule has 11 N–H and O–H groups in total. The summed E-state index contributed by atoms with van der Waals surface area (Å²) in [5, 5.41) is 111. The number of hydrogen-bond donors (Lipinski definition) is 11. The Hall–Kier alpha value is -4.04. The number of aromatic hydroxyl groups is 3. The molecule has 10 unspecified atom stereocenters. The highest BCUT2D eigenvalue weighted by atomic mass is 16.7. The molecule has 2 aliphatic heterocycles. The molecular formula is C27H28O17. The topological polar surface area (TPSA) is 298 Å². The van der Waals surface area contributed by atoms with Gasteiger partial charge in [-0.05, 0) is 18.2 Å². The molecule has 0 spiro atoms. The number of carboxylic acids is 1. The summed E-state index contributed by atoms with van der Waals surface area (Å²) in [6, 6.07) is 5.29. The maximum absolute atomic E-state index is 13.2. The van der Waals surface area contributed by atoms with Crippen LogP contribution in [0.25, 0.3) is 22.3 Å². The summed E-state index contributed by atoms with van der Waals surface area (Å²) in [4.78, 5) is 24.5. The third-order valence-corrected chi connectivity index (χ3v) is 7.49. The Labute approximate surface area is 245 Å². The van der Waals surface area contributed by atoms with Gasteiger partial charge in [0.2, 0.25) is 6.29 Å². The van der Waals surface area contributed by atoms with E-state index in [4.69, 9.17) is 18.6 Å². The Morgan fingerprint density at radius 3 is 2.16 bits per heavy atom. The van der Waals surface area contributed by atoms with E-state index < -0.39 is 113 Å². The molecule has 0 radical (unpaired) electrons. The maximum atomic E-state index is 13.2. The van der Waals surface area contributed by atoms with Crippen LogP contribution in [-0.2, 0) is 14.3 Å². The number of carboxylic acid groups (broad SMARTS) is 1. The number of aliphatic hydroxyl groups excluding tert-OH is 7. The average Bonchev–Trinajstić information content (AvgIpc) is 2.97. The molecule has 2 aromatic carbocycles. The van der Waals surface area contributed by atoms with E-state index in [0.29, 0.717) is 0 Å². The molecule has 0 amide bonds. The lowest BCUT2D eigenvalue weighted by Gasteiger charge is -2.40. The van der Waals surface area contributed by atoms with Crippen molar-refractivity contribution in [2.24, 2.45) is 0 Å². The molecule has 44 heavy (non-hydrogen) atoms. The number of phenolic OH excluding ortho intramolecular Hbond substituents is 3. The summed E-state index contributed by atoms with van der Waals surface area (Å²) in [5.74, 6) is -4.45. The summed E-state index contributed by atoms with van der Waals surface area (Å²) in [5.41, 5.74) is -1.70. The molecule has 17 heteroatoms. The van der Waals surface area contributed by atoms with Crippen molar-refractivity contribution in [1.82, 2.24) is 0 Å². The maximum Gasteiger partial charge on any atom is 0.335 e.